The van der Waals surface area contributed by atoms with Crippen molar-refractivity contribution in [2.45, 2.75) is 31.9 Å². The standard InChI is InChI=1S/C23H22ClF2N5O/c1-13-21(27)23(12-32-13)4-6-31(7-5-23)19-11-28-20-14(10-29-22(20)30-19)2-3-16-17(24)8-15(25)9-18(16)26/h8-11,13,21H,4-7,12,27H2,1H3,(H,29,30)/t13-,21+/m0/s1. The minimum Gasteiger partial charge on any atom is -0.376 e. The van der Waals surface area contributed by atoms with Crippen molar-refractivity contribution in [3.05, 3.63) is 52.3 Å². The highest BCUT2D eigenvalue weighted by atomic mass is 35.5. The Labute approximate surface area is 189 Å². The van der Waals surface area contributed by atoms with Crippen LogP contribution in [0, 0.1) is 28.9 Å². The molecule has 3 aromatic rings. The molecule has 0 aliphatic carbocycles. The van der Waals surface area contributed by atoms with Gasteiger partial charge in [0.2, 0.25) is 0 Å². The number of aromatic amines is 1. The lowest BCUT2D eigenvalue weighted by atomic mass is 9.73. The van der Waals surface area contributed by atoms with Crippen LogP contribution in [0.5, 0.6) is 0 Å². The van der Waals surface area contributed by atoms with Crippen LogP contribution in [0.15, 0.2) is 24.5 Å². The number of aromatic nitrogens is 3. The summed E-state index contributed by atoms with van der Waals surface area (Å²) in [7, 11) is 0. The quantitative estimate of drug-likeness (QED) is 0.545. The van der Waals surface area contributed by atoms with Gasteiger partial charge in [-0.05, 0) is 25.8 Å². The van der Waals surface area contributed by atoms with Gasteiger partial charge in [-0.2, -0.15) is 0 Å². The highest BCUT2D eigenvalue weighted by Crippen LogP contribution is 2.41. The first-order chi connectivity index (χ1) is 15.4. The summed E-state index contributed by atoms with van der Waals surface area (Å²) in [5.74, 6) is 4.75. The predicted octanol–water partition coefficient (Wildman–Crippen LogP) is 3.62. The highest BCUT2D eigenvalue weighted by Gasteiger charge is 2.47. The summed E-state index contributed by atoms with van der Waals surface area (Å²) in [6.45, 7) is 4.42. The molecule has 0 bridgehead atoms. The van der Waals surface area contributed by atoms with Gasteiger partial charge >= 0.3 is 0 Å². The summed E-state index contributed by atoms with van der Waals surface area (Å²) >= 11 is 5.92. The number of nitrogens with two attached hydrogens (primary N) is 1. The molecular weight excluding hydrogens is 436 g/mol. The number of hydrogen-bond acceptors (Lipinski definition) is 5. The van der Waals surface area contributed by atoms with Crippen LogP contribution in [0.4, 0.5) is 14.6 Å². The molecule has 6 nitrogen and oxygen atoms in total. The van der Waals surface area contributed by atoms with Gasteiger partial charge in [-0.25, -0.2) is 18.7 Å². The molecule has 0 unspecified atom stereocenters. The zero-order valence-electron chi connectivity index (χ0n) is 17.5. The van der Waals surface area contributed by atoms with E-state index in [0.29, 0.717) is 23.3 Å². The zero-order valence-corrected chi connectivity index (χ0v) is 18.2. The molecule has 0 saturated carbocycles. The van der Waals surface area contributed by atoms with Crippen molar-refractivity contribution < 1.29 is 13.5 Å². The van der Waals surface area contributed by atoms with Crippen LogP contribution in [-0.4, -0.2) is 46.8 Å². The van der Waals surface area contributed by atoms with Crippen LogP contribution in [0.25, 0.3) is 11.2 Å². The van der Waals surface area contributed by atoms with E-state index in [9.17, 15) is 8.78 Å². The Hall–Kier alpha value is -2.73. The van der Waals surface area contributed by atoms with Crippen molar-refractivity contribution >= 4 is 28.6 Å². The van der Waals surface area contributed by atoms with Gasteiger partial charge in [-0.1, -0.05) is 23.4 Å². The van der Waals surface area contributed by atoms with Crippen molar-refractivity contribution in [1.82, 2.24) is 15.0 Å². The monoisotopic (exact) mass is 457 g/mol. The fourth-order valence-corrected chi connectivity index (χ4v) is 4.82. The molecule has 166 valence electrons. The van der Waals surface area contributed by atoms with E-state index < -0.39 is 11.6 Å². The smallest absolute Gasteiger partial charge is 0.159 e. The summed E-state index contributed by atoms with van der Waals surface area (Å²) in [5.41, 5.74) is 8.11. The lowest BCUT2D eigenvalue weighted by Gasteiger charge is -2.41. The summed E-state index contributed by atoms with van der Waals surface area (Å²) in [6.07, 6.45) is 5.37. The molecular formula is C23H22ClF2N5O. The van der Waals surface area contributed by atoms with Gasteiger partial charge in [0.25, 0.3) is 0 Å². The molecule has 2 saturated heterocycles. The van der Waals surface area contributed by atoms with Crippen molar-refractivity contribution in [2.75, 3.05) is 24.6 Å². The SMILES string of the molecule is C[C@@H]1OCC2(CCN(c3cnc4c(C#Cc5c(F)cc(F)cc5Cl)c[nH]c4n3)CC2)[C@@H]1N. The molecule has 2 atom stereocenters. The first kappa shape index (κ1) is 21.1. The minimum absolute atomic E-state index is 0.0412. The second-order valence-corrected chi connectivity index (χ2v) is 8.92. The van der Waals surface area contributed by atoms with E-state index in [1.54, 1.807) is 12.4 Å². The largest absolute Gasteiger partial charge is 0.376 e. The van der Waals surface area contributed by atoms with Crippen molar-refractivity contribution in [3.8, 4) is 11.8 Å². The first-order valence-corrected chi connectivity index (χ1v) is 10.9. The Morgan fingerprint density at radius 2 is 2.06 bits per heavy atom. The lowest BCUT2D eigenvalue weighted by molar-refractivity contribution is 0.0974. The molecule has 4 heterocycles. The molecule has 0 amide bonds. The normalized spacial score (nSPS) is 22.3. The van der Waals surface area contributed by atoms with Gasteiger partial charge in [0.1, 0.15) is 23.0 Å². The Balaban J connectivity index is 1.36. The van der Waals surface area contributed by atoms with Crippen LogP contribution >= 0.6 is 11.6 Å². The van der Waals surface area contributed by atoms with E-state index in [0.717, 1.165) is 43.9 Å². The van der Waals surface area contributed by atoms with E-state index in [2.05, 4.69) is 26.7 Å². The van der Waals surface area contributed by atoms with Crippen LogP contribution in [0.1, 0.15) is 30.9 Å². The minimum atomic E-state index is -0.805. The molecule has 2 aromatic heterocycles. The van der Waals surface area contributed by atoms with E-state index in [1.807, 2.05) is 6.92 Å². The second kappa shape index (κ2) is 8.00. The fourth-order valence-electron chi connectivity index (χ4n) is 4.58. The van der Waals surface area contributed by atoms with Crippen LogP contribution in [-0.2, 0) is 4.74 Å². The molecule has 9 heteroatoms. The summed E-state index contributed by atoms with van der Waals surface area (Å²) < 4.78 is 33.0. The maximum atomic E-state index is 14.0. The van der Waals surface area contributed by atoms with Gasteiger partial charge in [-0.15, -0.1) is 0 Å². The molecule has 2 aliphatic rings. The zero-order chi connectivity index (χ0) is 22.5. The van der Waals surface area contributed by atoms with Crippen molar-refractivity contribution in [2.24, 2.45) is 11.1 Å². The number of rotatable bonds is 1. The molecule has 2 aliphatic heterocycles. The molecule has 2 fully saturated rings. The number of piperidine rings is 1. The molecule has 5 rings (SSSR count). The van der Waals surface area contributed by atoms with Gasteiger partial charge in [0.05, 0.1) is 35.1 Å². The van der Waals surface area contributed by atoms with Gasteiger partial charge in [0, 0.05) is 36.8 Å². The van der Waals surface area contributed by atoms with E-state index in [-0.39, 0.29) is 28.1 Å². The van der Waals surface area contributed by atoms with Crippen molar-refractivity contribution in [3.63, 3.8) is 0 Å². The summed E-state index contributed by atoms with van der Waals surface area (Å²) in [5, 5.41) is -0.0761. The maximum absolute atomic E-state index is 14.0. The Kier molecular flexibility index (Phi) is 5.28. The first-order valence-electron chi connectivity index (χ1n) is 10.5. The Bertz CT molecular complexity index is 1220. The molecule has 32 heavy (non-hydrogen) atoms. The number of anilines is 1. The number of hydrogen-bond donors (Lipinski definition) is 2. The third-order valence-electron chi connectivity index (χ3n) is 6.63. The van der Waals surface area contributed by atoms with Crippen molar-refractivity contribution in [1.29, 1.82) is 0 Å². The van der Waals surface area contributed by atoms with E-state index in [4.69, 9.17) is 27.1 Å². The highest BCUT2D eigenvalue weighted by molar-refractivity contribution is 6.31. The molecule has 0 radical (unpaired) electrons. The average Bonchev–Trinajstić information content (AvgIpc) is 3.30. The third kappa shape index (κ3) is 3.60. The Morgan fingerprint density at radius 1 is 1.28 bits per heavy atom. The number of nitrogens with zero attached hydrogens (tertiary/aromatic N) is 3. The van der Waals surface area contributed by atoms with Crippen LogP contribution in [0.3, 0.4) is 0 Å². The number of fused-ring (bicyclic) bond motifs is 1. The van der Waals surface area contributed by atoms with Gasteiger partial charge in [0.15, 0.2) is 5.65 Å². The van der Waals surface area contributed by atoms with Crippen LogP contribution in [0.2, 0.25) is 5.02 Å². The number of benzene rings is 1. The fraction of sp³-hybridized carbons (Fsp3) is 0.391. The predicted molar refractivity (Wildman–Crippen MR) is 119 cm³/mol. The van der Waals surface area contributed by atoms with E-state index in [1.165, 1.54) is 0 Å². The second-order valence-electron chi connectivity index (χ2n) is 8.51. The number of nitrogens with one attached hydrogen (secondary N) is 1. The third-order valence-corrected chi connectivity index (χ3v) is 6.92. The molecule has 1 spiro atoms. The number of ether oxygens (including phenoxy) is 1. The van der Waals surface area contributed by atoms with Gasteiger partial charge in [-0.3, -0.25) is 0 Å². The topological polar surface area (TPSA) is 80.1 Å². The Morgan fingerprint density at radius 3 is 2.75 bits per heavy atom. The van der Waals surface area contributed by atoms with Gasteiger partial charge < -0.3 is 20.4 Å². The lowest BCUT2D eigenvalue weighted by Crippen LogP contribution is -2.50. The summed E-state index contributed by atoms with van der Waals surface area (Å²) in [4.78, 5) is 14.5. The molecule has 1 aromatic carbocycles. The summed E-state index contributed by atoms with van der Waals surface area (Å²) in [6, 6.07) is 1.84. The maximum Gasteiger partial charge on any atom is 0.159 e. The molecule has 3 N–H and O–H groups in total. The number of H-pyrrole nitrogens is 1. The number of halogens is 3. The van der Waals surface area contributed by atoms with Crippen LogP contribution < -0.4 is 10.6 Å². The average molecular weight is 458 g/mol. The van der Waals surface area contributed by atoms with E-state index >= 15 is 0 Å².